The van der Waals surface area contributed by atoms with Crippen LogP contribution in [0.4, 0.5) is 4.79 Å². The van der Waals surface area contributed by atoms with Crippen LogP contribution in [0.3, 0.4) is 0 Å². The van der Waals surface area contributed by atoms with Crippen LogP contribution in [0.5, 0.6) is 11.5 Å². The molecular formula is C37H45Cl2NO7Si. The van der Waals surface area contributed by atoms with Gasteiger partial charge in [-0.2, -0.15) is 0 Å². The first kappa shape index (κ1) is 37.3. The van der Waals surface area contributed by atoms with E-state index in [2.05, 4.69) is 33.9 Å². The molecule has 258 valence electrons. The summed E-state index contributed by atoms with van der Waals surface area (Å²) in [5.41, 5.74) is 2.92. The number of carbonyl (C=O) groups is 2. The third-order valence-electron chi connectivity index (χ3n) is 8.70. The van der Waals surface area contributed by atoms with Crippen molar-refractivity contribution in [2.45, 2.75) is 64.9 Å². The Balaban J connectivity index is 1.55. The van der Waals surface area contributed by atoms with E-state index >= 15 is 0 Å². The summed E-state index contributed by atoms with van der Waals surface area (Å²) < 4.78 is 29.5. The van der Waals surface area contributed by atoms with Crippen LogP contribution in [0.25, 0.3) is 5.57 Å². The van der Waals surface area contributed by atoms with Gasteiger partial charge >= 0.3 is 12.1 Å². The Morgan fingerprint density at radius 1 is 0.875 bits per heavy atom. The number of esters is 1. The molecule has 3 aromatic rings. The molecule has 0 aromatic heterocycles. The van der Waals surface area contributed by atoms with Gasteiger partial charge in [-0.25, -0.2) is 9.59 Å². The summed E-state index contributed by atoms with van der Waals surface area (Å²) in [5.74, 6) is 0.582. The average molecular weight is 715 g/mol. The highest BCUT2D eigenvalue weighted by molar-refractivity contribution is 6.74. The molecule has 4 rings (SSSR count). The minimum atomic E-state index is -2.16. The Morgan fingerprint density at radius 2 is 1.52 bits per heavy atom. The third kappa shape index (κ3) is 9.78. The molecule has 1 amide bonds. The second-order valence-corrected chi connectivity index (χ2v) is 18.7. The molecule has 0 saturated carbocycles. The van der Waals surface area contributed by atoms with Crippen LogP contribution in [0.1, 0.15) is 45.2 Å². The molecule has 3 aromatic carbocycles. The highest BCUT2D eigenvalue weighted by Gasteiger charge is 2.41. The topological polar surface area (TPSA) is 83.5 Å². The average Bonchev–Trinajstić information content (AvgIpc) is 3.05. The highest BCUT2D eigenvalue weighted by atomic mass is 35.5. The largest absolute Gasteiger partial charge is 0.490 e. The number of ether oxygens (including phenoxy) is 4. The fourth-order valence-electron chi connectivity index (χ4n) is 4.92. The standard InChI is InChI=1S/C37H45Cl2NO7Si/c1-7-43-35(41)31-23-40(36(42)46-24-26-12-9-8-10-13-26)28(25-47-48(5,6)37(2,3)4)22-30(31)27-16-18-29(19-17-27)44-20-21-45-34-32(38)14-11-15-33(34)39/h8-19,28H,7,20-25H2,1-6H3. The van der Waals surface area contributed by atoms with Gasteiger partial charge in [-0.1, -0.05) is 92.5 Å². The van der Waals surface area contributed by atoms with Crippen molar-refractivity contribution in [3.05, 3.63) is 99.5 Å². The van der Waals surface area contributed by atoms with E-state index in [1.54, 1.807) is 30.0 Å². The van der Waals surface area contributed by atoms with Crippen molar-refractivity contribution in [2.24, 2.45) is 0 Å². The summed E-state index contributed by atoms with van der Waals surface area (Å²) in [7, 11) is -2.16. The molecule has 1 unspecified atom stereocenters. The number of hydrogen-bond acceptors (Lipinski definition) is 7. The molecule has 48 heavy (non-hydrogen) atoms. The number of benzene rings is 3. The van der Waals surface area contributed by atoms with E-state index in [4.69, 9.17) is 46.6 Å². The number of carbonyl (C=O) groups excluding carboxylic acids is 2. The maximum atomic E-state index is 13.6. The maximum Gasteiger partial charge on any atom is 0.410 e. The van der Waals surface area contributed by atoms with Crippen LogP contribution in [-0.2, 0) is 25.3 Å². The molecule has 11 heteroatoms. The summed E-state index contributed by atoms with van der Waals surface area (Å²) in [6, 6.07) is 21.8. The highest BCUT2D eigenvalue weighted by Crippen LogP contribution is 2.39. The summed E-state index contributed by atoms with van der Waals surface area (Å²) >= 11 is 12.4. The summed E-state index contributed by atoms with van der Waals surface area (Å²) in [6.45, 7) is 13.9. The van der Waals surface area contributed by atoms with Gasteiger partial charge in [-0.3, -0.25) is 4.90 Å². The Hall–Kier alpha value is -3.50. The van der Waals surface area contributed by atoms with Crippen LogP contribution >= 0.6 is 23.2 Å². The van der Waals surface area contributed by atoms with Crippen molar-refractivity contribution in [1.82, 2.24) is 4.90 Å². The van der Waals surface area contributed by atoms with Crippen LogP contribution in [0, 0.1) is 0 Å². The van der Waals surface area contributed by atoms with E-state index < -0.39 is 20.4 Å². The van der Waals surface area contributed by atoms with Gasteiger partial charge in [-0.15, -0.1) is 0 Å². The SMILES string of the molecule is CCOC(=O)C1=C(c2ccc(OCCOc3c(Cl)cccc3Cl)cc2)CC(CO[Si](C)(C)C(C)(C)C)N(C(=O)OCc2ccccc2)C1. The summed E-state index contributed by atoms with van der Waals surface area (Å²) in [4.78, 5) is 28.6. The van der Waals surface area contributed by atoms with Crippen molar-refractivity contribution in [2.75, 3.05) is 33.0 Å². The molecule has 0 saturated heterocycles. The molecule has 1 aliphatic rings. The van der Waals surface area contributed by atoms with Crippen molar-refractivity contribution in [1.29, 1.82) is 0 Å². The van der Waals surface area contributed by atoms with Gasteiger partial charge in [0, 0.05) is 0 Å². The van der Waals surface area contributed by atoms with Gasteiger partial charge in [0.05, 0.1) is 41.4 Å². The monoisotopic (exact) mass is 713 g/mol. The van der Waals surface area contributed by atoms with E-state index in [-0.39, 0.29) is 44.1 Å². The van der Waals surface area contributed by atoms with Crippen LogP contribution in [0.2, 0.25) is 28.2 Å². The second kappa shape index (κ2) is 16.7. The summed E-state index contributed by atoms with van der Waals surface area (Å²) in [5, 5.41) is 0.845. The first-order valence-electron chi connectivity index (χ1n) is 16.1. The molecule has 1 atom stereocenters. The Bertz CT molecular complexity index is 1550. The fourth-order valence-corrected chi connectivity index (χ4v) is 6.47. The number of hydrogen-bond donors (Lipinski definition) is 0. The van der Waals surface area contributed by atoms with E-state index in [9.17, 15) is 9.59 Å². The van der Waals surface area contributed by atoms with Crippen molar-refractivity contribution >= 4 is 49.2 Å². The van der Waals surface area contributed by atoms with Gasteiger partial charge in [0.1, 0.15) is 25.6 Å². The third-order valence-corrected chi connectivity index (χ3v) is 13.8. The molecule has 0 aliphatic carbocycles. The van der Waals surface area contributed by atoms with Crippen LogP contribution in [0.15, 0.2) is 78.4 Å². The van der Waals surface area contributed by atoms with Crippen LogP contribution < -0.4 is 9.47 Å². The lowest BCUT2D eigenvalue weighted by atomic mass is 9.89. The first-order valence-corrected chi connectivity index (χ1v) is 19.8. The maximum absolute atomic E-state index is 13.6. The molecule has 1 heterocycles. The lowest BCUT2D eigenvalue weighted by molar-refractivity contribution is -0.138. The fraction of sp³-hybridized carbons (Fsp3) is 0.405. The zero-order valence-electron chi connectivity index (χ0n) is 28.5. The molecule has 0 bridgehead atoms. The molecule has 0 N–H and O–H groups in total. The predicted molar refractivity (Wildman–Crippen MR) is 192 cm³/mol. The number of nitrogens with zero attached hydrogens (tertiary/aromatic N) is 1. The van der Waals surface area contributed by atoms with Gasteiger partial charge in [-0.05, 0) is 72.4 Å². The molecule has 8 nitrogen and oxygen atoms in total. The van der Waals surface area contributed by atoms with E-state index in [1.165, 1.54) is 0 Å². The lowest BCUT2D eigenvalue weighted by Crippen LogP contribution is -2.51. The molecule has 1 aliphatic heterocycles. The number of amides is 1. The van der Waals surface area contributed by atoms with Gasteiger partial charge in [0.15, 0.2) is 14.1 Å². The first-order chi connectivity index (χ1) is 22.8. The van der Waals surface area contributed by atoms with E-state index in [0.29, 0.717) is 40.1 Å². The van der Waals surface area contributed by atoms with E-state index in [1.807, 2.05) is 54.6 Å². The number of para-hydroxylation sites is 1. The minimum absolute atomic E-state index is 0.0183. The zero-order valence-corrected chi connectivity index (χ0v) is 31.0. The minimum Gasteiger partial charge on any atom is -0.490 e. The summed E-state index contributed by atoms with van der Waals surface area (Å²) in [6.07, 6.45) is -0.122. The second-order valence-electron chi connectivity index (χ2n) is 13.0. The molecule has 0 fully saturated rings. The van der Waals surface area contributed by atoms with Crippen molar-refractivity contribution < 1.29 is 33.0 Å². The van der Waals surface area contributed by atoms with Crippen molar-refractivity contribution in [3.63, 3.8) is 0 Å². The normalized spacial score (nSPS) is 15.2. The van der Waals surface area contributed by atoms with Gasteiger partial charge in [0.25, 0.3) is 0 Å². The Kier molecular flexibility index (Phi) is 13.0. The van der Waals surface area contributed by atoms with Gasteiger partial charge in [0.2, 0.25) is 0 Å². The molecular weight excluding hydrogens is 669 g/mol. The van der Waals surface area contributed by atoms with E-state index in [0.717, 1.165) is 16.7 Å². The van der Waals surface area contributed by atoms with Crippen LogP contribution in [-0.4, -0.2) is 64.3 Å². The Morgan fingerprint density at radius 3 is 2.15 bits per heavy atom. The Labute approximate surface area is 295 Å². The smallest absolute Gasteiger partial charge is 0.410 e. The molecule has 0 radical (unpaired) electrons. The lowest BCUT2D eigenvalue weighted by Gasteiger charge is -2.41. The zero-order chi connectivity index (χ0) is 34.9. The number of rotatable bonds is 13. The quantitative estimate of drug-likeness (QED) is 0.0992. The molecule has 0 spiro atoms. The number of halogens is 2. The van der Waals surface area contributed by atoms with Crippen molar-refractivity contribution in [3.8, 4) is 11.5 Å². The predicted octanol–water partition coefficient (Wildman–Crippen LogP) is 9.20. The van der Waals surface area contributed by atoms with Gasteiger partial charge < -0.3 is 23.4 Å².